The first-order valence-electron chi connectivity index (χ1n) is 16.9. The summed E-state index contributed by atoms with van der Waals surface area (Å²) in [6.45, 7) is 15.5. The molecule has 5 atom stereocenters. The summed E-state index contributed by atoms with van der Waals surface area (Å²) < 4.78 is 5.16. The van der Waals surface area contributed by atoms with Crippen LogP contribution >= 0.6 is 0 Å². The van der Waals surface area contributed by atoms with Gasteiger partial charge in [0.2, 0.25) is 23.5 Å². The van der Waals surface area contributed by atoms with E-state index in [1.807, 2.05) is 6.92 Å². The second-order valence-electron chi connectivity index (χ2n) is 13.9. The van der Waals surface area contributed by atoms with Crippen molar-refractivity contribution in [3.05, 3.63) is 24.3 Å². The van der Waals surface area contributed by atoms with Crippen molar-refractivity contribution in [3.8, 4) is 0 Å². The van der Waals surface area contributed by atoms with E-state index in [1.165, 1.54) is 23.5 Å². The number of ketones is 1. The average molecular weight is 688 g/mol. The summed E-state index contributed by atoms with van der Waals surface area (Å²) in [5, 5.41) is 10.4. The van der Waals surface area contributed by atoms with Crippen molar-refractivity contribution >= 4 is 41.3 Å². The van der Waals surface area contributed by atoms with Crippen LogP contribution in [0.25, 0.3) is 0 Å². The van der Waals surface area contributed by atoms with Crippen LogP contribution in [0.1, 0.15) is 98.5 Å². The molecule has 0 bridgehead atoms. The summed E-state index contributed by atoms with van der Waals surface area (Å²) in [5.41, 5.74) is -0.735. The highest BCUT2D eigenvalue weighted by Crippen LogP contribution is 2.29. The van der Waals surface area contributed by atoms with E-state index >= 15 is 0 Å². The maximum absolute atomic E-state index is 14.1. The highest BCUT2D eigenvalue weighted by atomic mass is 16.6. The number of hydrogen-bond donors (Lipinski definition) is 4. The summed E-state index contributed by atoms with van der Waals surface area (Å²) in [7, 11) is 0. The third-order valence-corrected chi connectivity index (χ3v) is 8.11. The SMILES string of the molecule is CCCC(NC(=O)[C@@H]1C(CC)CCN1C(=O)[C@@H](NC(=O)[C@@H](NC(=O)c1cnccn1)C(C)C)C(C)C)C(=O)C(=O)NCC(=O)OC(C)(C)C. The predicted molar refractivity (Wildman–Crippen MR) is 179 cm³/mol. The first-order valence-corrected chi connectivity index (χ1v) is 16.9. The van der Waals surface area contributed by atoms with E-state index in [0.717, 1.165) is 0 Å². The van der Waals surface area contributed by atoms with E-state index in [4.69, 9.17) is 4.74 Å². The van der Waals surface area contributed by atoms with Gasteiger partial charge in [0.05, 0.1) is 12.2 Å². The minimum atomic E-state index is -1.18. The Balaban J connectivity index is 2.22. The lowest BCUT2D eigenvalue weighted by molar-refractivity contribution is -0.155. The molecule has 4 N–H and O–H groups in total. The van der Waals surface area contributed by atoms with Gasteiger partial charge in [-0.3, -0.25) is 38.5 Å². The molecule has 1 aromatic rings. The van der Waals surface area contributed by atoms with Crippen LogP contribution in [-0.4, -0.2) is 99.0 Å². The fourth-order valence-electron chi connectivity index (χ4n) is 5.58. The number of esters is 1. The van der Waals surface area contributed by atoms with Crippen molar-refractivity contribution in [1.29, 1.82) is 0 Å². The standard InChI is InChI=1S/C34H53N7O8/c1-10-12-22(28(43)32(47)37-18-24(42)49-34(7,8)9)38-31(46)27-21(11-2)13-16-41(27)33(48)26(20(5)6)40-30(45)25(19(3)4)39-29(44)23-17-35-14-15-36-23/h14-15,17,19-22,25-27H,10-13,16,18H2,1-9H3,(H,37,47)(H,38,46)(H,39,44)(H,40,45)/t21?,22?,25-,26-,27-/m0/s1. The van der Waals surface area contributed by atoms with Gasteiger partial charge in [0, 0.05) is 18.9 Å². The third-order valence-electron chi connectivity index (χ3n) is 8.11. The Morgan fingerprint density at radius 1 is 0.939 bits per heavy atom. The molecule has 1 aliphatic rings. The highest BCUT2D eigenvalue weighted by molar-refractivity contribution is 6.38. The molecule has 1 aliphatic heterocycles. The van der Waals surface area contributed by atoms with Crippen LogP contribution < -0.4 is 21.3 Å². The summed E-state index contributed by atoms with van der Waals surface area (Å²) >= 11 is 0. The van der Waals surface area contributed by atoms with Gasteiger partial charge in [-0.25, -0.2) is 4.98 Å². The molecule has 0 spiro atoms. The van der Waals surface area contributed by atoms with Crippen LogP contribution in [0.2, 0.25) is 0 Å². The van der Waals surface area contributed by atoms with Gasteiger partial charge >= 0.3 is 5.97 Å². The number of aromatic nitrogens is 2. The number of Topliss-reactive ketones (excluding diaryl/α,β-unsaturated/α-hetero) is 1. The molecule has 0 aromatic carbocycles. The number of likely N-dealkylation sites (tertiary alicyclic amines) is 1. The van der Waals surface area contributed by atoms with E-state index in [1.54, 1.807) is 55.4 Å². The molecule has 5 amide bonds. The van der Waals surface area contributed by atoms with Crippen molar-refractivity contribution in [2.24, 2.45) is 17.8 Å². The zero-order chi connectivity index (χ0) is 37.1. The predicted octanol–water partition coefficient (Wildman–Crippen LogP) is 1.31. The minimum Gasteiger partial charge on any atom is -0.459 e. The Labute approximate surface area is 288 Å². The average Bonchev–Trinajstić information content (AvgIpc) is 3.47. The number of nitrogens with one attached hydrogen (secondary N) is 4. The molecular formula is C34H53N7O8. The normalized spacial score (nSPS) is 17.9. The third kappa shape index (κ3) is 11.9. The quantitative estimate of drug-likeness (QED) is 0.145. The fourth-order valence-corrected chi connectivity index (χ4v) is 5.58. The van der Waals surface area contributed by atoms with Crippen molar-refractivity contribution in [2.45, 2.75) is 118 Å². The molecule has 0 saturated carbocycles. The summed E-state index contributed by atoms with van der Waals surface area (Å²) in [6, 6.07) is -4.16. The van der Waals surface area contributed by atoms with E-state index in [9.17, 15) is 33.6 Å². The lowest BCUT2D eigenvalue weighted by Crippen LogP contribution is -2.60. The van der Waals surface area contributed by atoms with Gasteiger partial charge in [-0.15, -0.1) is 0 Å². The van der Waals surface area contributed by atoms with Crippen molar-refractivity contribution in [3.63, 3.8) is 0 Å². The van der Waals surface area contributed by atoms with Gasteiger partial charge in [-0.2, -0.15) is 0 Å². The zero-order valence-corrected chi connectivity index (χ0v) is 30.1. The lowest BCUT2D eigenvalue weighted by Gasteiger charge is -2.33. The maximum atomic E-state index is 14.1. The van der Waals surface area contributed by atoms with Gasteiger partial charge in [-0.05, 0) is 51.4 Å². The number of hydrogen-bond acceptors (Lipinski definition) is 10. The number of amides is 5. The smallest absolute Gasteiger partial charge is 0.325 e. The van der Waals surface area contributed by atoms with Gasteiger partial charge < -0.3 is 30.9 Å². The molecule has 1 saturated heterocycles. The molecule has 0 aliphatic carbocycles. The van der Waals surface area contributed by atoms with Crippen LogP contribution in [0, 0.1) is 17.8 Å². The lowest BCUT2D eigenvalue weighted by atomic mass is 9.94. The van der Waals surface area contributed by atoms with Crippen LogP contribution in [0.4, 0.5) is 0 Å². The molecule has 49 heavy (non-hydrogen) atoms. The summed E-state index contributed by atoms with van der Waals surface area (Å²) in [4.78, 5) is 101. The van der Waals surface area contributed by atoms with E-state index in [-0.39, 0.29) is 36.4 Å². The molecule has 0 radical (unpaired) electrons. The van der Waals surface area contributed by atoms with Crippen LogP contribution in [0.15, 0.2) is 18.6 Å². The monoisotopic (exact) mass is 687 g/mol. The van der Waals surface area contributed by atoms with Crippen molar-refractivity contribution in [1.82, 2.24) is 36.1 Å². The first-order chi connectivity index (χ1) is 22.9. The van der Waals surface area contributed by atoms with Crippen LogP contribution in [0.3, 0.4) is 0 Å². The van der Waals surface area contributed by atoms with E-state index < -0.39 is 77.6 Å². The number of ether oxygens (including phenoxy) is 1. The second-order valence-corrected chi connectivity index (χ2v) is 13.9. The van der Waals surface area contributed by atoms with E-state index in [0.29, 0.717) is 19.3 Å². The van der Waals surface area contributed by atoms with Gasteiger partial charge in [-0.1, -0.05) is 54.4 Å². The fraction of sp³-hybridized carbons (Fsp3) is 0.676. The Hall–Kier alpha value is -4.43. The van der Waals surface area contributed by atoms with Gasteiger partial charge in [0.1, 0.15) is 36.0 Å². The van der Waals surface area contributed by atoms with Gasteiger partial charge in [0.25, 0.3) is 11.8 Å². The Kier molecular flexibility index (Phi) is 15.3. The molecule has 272 valence electrons. The second kappa shape index (κ2) is 18.4. The maximum Gasteiger partial charge on any atom is 0.325 e. The molecule has 15 heteroatoms. The van der Waals surface area contributed by atoms with Crippen LogP contribution in [0.5, 0.6) is 0 Å². The Morgan fingerprint density at radius 2 is 1.59 bits per heavy atom. The van der Waals surface area contributed by atoms with Crippen LogP contribution in [-0.2, 0) is 33.5 Å². The molecule has 15 nitrogen and oxygen atoms in total. The number of carbonyl (C=O) groups excluding carboxylic acids is 7. The number of rotatable bonds is 16. The zero-order valence-electron chi connectivity index (χ0n) is 30.1. The van der Waals surface area contributed by atoms with E-state index in [2.05, 4.69) is 31.2 Å². The Morgan fingerprint density at radius 3 is 2.12 bits per heavy atom. The molecular weight excluding hydrogens is 634 g/mol. The highest BCUT2D eigenvalue weighted by Gasteiger charge is 2.45. The molecule has 1 fully saturated rings. The molecule has 2 heterocycles. The summed E-state index contributed by atoms with van der Waals surface area (Å²) in [5.74, 6) is -5.85. The van der Waals surface area contributed by atoms with Crippen molar-refractivity contribution in [2.75, 3.05) is 13.1 Å². The number of carbonyl (C=O) groups is 7. The van der Waals surface area contributed by atoms with Crippen molar-refractivity contribution < 1.29 is 38.3 Å². The van der Waals surface area contributed by atoms with Gasteiger partial charge in [0.15, 0.2) is 0 Å². The minimum absolute atomic E-state index is 0.0364. The Bertz CT molecular complexity index is 1350. The largest absolute Gasteiger partial charge is 0.459 e. The number of nitrogens with zero attached hydrogens (tertiary/aromatic N) is 3. The molecule has 2 rings (SSSR count). The topological polar surface area (TPSA) is 206 Å². The molecule has 1 aromatic heterocycles. The molecule has 2 unspecified atom stereocenters. The first kappa shape index (κ1) is 40.7. The summed E-state index contributed by atoms with van der Waals surface area (Å²) in [6.07, 6.45) is 5.77.